The van der Waals surface area contributed by atoms with Crippen LogP contribution in [0.15, 0.2) is 40.6 Å². The molecule has 0 aliphatic carbocycles. The maximum Gasteiger partial charge on any atom is 0.215 e. The topological polar surface area (TPSA) is 58.4 Å². The van der Waals surface area contributed by atoms with E-state index in [9.17, 15) is 9.50 Å². The average Bonchev–Trinajstić information content (AvgIpc) is 2.26. The second-order valence-corrected chi connectivity index (χ2v) is 3.96. The Hall–Kier alpha value is -1.69. The highest BCUT2D eigenvalue weighted by atomic mass is 32.2. The monoisotopic (exact) mass is 253 g/mol. The summed E-state index contributed by atoms with van der Waals surface area (Å²) in [6.07, 6.45) is 6.56. The Morgan fingerprint density at radius 1 is 1.47 bits per heavy atom. The number of thioether (sulfide) groups is 1. The van der Waals surface area contributed by atoms with Gasteiger partial charge in [0.2, 0.25) is 5.88 Å². The molecule has 0 aromatic carbocycles. The second-order valence-electron chi connectivity index (χ2n) is 2.98. The van der Waals surface area contributed by atoms with E-state index in [0.29, 0.717) is 10.9 Å². The van der Waals surface area contributed by atoms with E-state index in [0.717, 1.165) is 5.69 Å². The molecule has 4 nitrogen and oxygen atoms in total. The van der Waals surface area contributed by atoms with Gasteiger partial charge in [-0.05, 0) is 13.0 Å². The minimum atomic E-state index is -0.0267. The van der Waals surface area contributed by atoms with Crippen molar-refractivity contribution in [3.05, 3.63) is 36.2 Å². The number of aromatic hydroxyl groups is 1. The minimum Gasteiger partial charge on any atom is -0.493 e. The van der Waals surface area contributed by atoms with Gasteiger partial charge in [-0.2, -0.15) is 9.37 Å². The first-order chi connectivity index (χ1) is 8.22. The number of hydrogen-bond donors (Lipinski definition) is 1. The molecule has 0 bridgehead atoms. The van der Waals surface area contributed by atoms with Crippen molar-refractivity contribution in [2.45, 2.75) is 12.1 Å². The number of allylic oxidation sites excluding steroid dienone is 2. The van der Waals surface area contributed by atoms with Gasteiger partial charge in [0, 0.05) is 23.7 Å². The fourth-order valence-electron chi connectivity index (χ4n) is 0.978. The van der Waals surface area contributed by atoms with Gasteiger partial charge in [0.05, 0.1) is 0 Å². The van der Waals surface area contributed by atoms with E-state index in [4.69, 9.17) is 0 Å². The number of aromatic nitrogens is 2. The van der Waals surface area contributed by atoms with Crippen LogP contribution >= 0.6 is 11.8 Å². The molecule has 0 saturated heterocycles. The fraction of sp³-hybridized carbons (Fsp3) is 0.182. The lowest BCUT2D eigenvalue weighted by Gasteiger charge is -1.99. The molecule has 1 heterocycles. The highest BCUT2D eigenvalue weighted by Gasteiger charge is 1.99. The van der Waals surface area contributed by atoms with Crippen molar-refractivity contribution in [2.24, 2.45) is 4.99 Å². The molecule has 0 saturated carbocycles. The summed E-state index contributed by atoms with van der Waals surface area (Å²) >= 11 is 1.40. The van der Waals surface area contributed by atoms with Crippen LogP contribution in [0, 0.1) is 6.92 Å². The number of hydrogen-bond acceptors (Lipinski definition) is 5. The third-order valence-corrected chi connectivity index (χ3v) is 2.40. The van der Waals surface area contributed by atoms with Crippen LogP contribution in [0.1, 0.15) is 5.69 Å². The zero-order valence-corrected chi connectivity index (χ0v) is 10.1. The van der Waals surface area contributed by atoms with Gasteiger partial charge >= 0.3 is 0 Å². The highest BCUT2D eigenvalue weighted by molar-refractivity contribution is 7.99. The van der Waals surface area contributed by atoms with Crippen LogP contribution < -0.4 is 0 Å². The summed E-state index contributed by atoms with van der Waals surface area (Å²) in [6.45, 7) is 2.02. The van der Waals surface area contributed by atoms with Crippen molar-refractivity contribution in [3.63, 3.8) is 0 Å². The lowest BCUT2D eigenvalue weighted by molar-refractivity contribution is 0.444. The van der Waals surface area contributed by atoms with Crippen molar-refractivity contribution in [2.75, 3.05) is 5.75 Å². The Balaban J connectivity index is 2.40. The Kier molecular flexibility index (Phi) is 5.95. The van der Waals surface area contributed by atoms with Gasteiger partial charge in [0.1, 0.15) is 0 Å². The molecule has 1 N–H and O–H groups in total. The average molecular weight is 253 g/mol. The van der Waals surface area contributed by atoms with Crippen molar-refractivity contribution >= 4 is 18.2 Å². The van der Waals surface area contributed by atoms with Crippen LogP contribution in [-0.4, -0.2) is 27.3 Å². The first-order valence-electron chi connectivity index (χ1n) is 4.83. The lowest BCUT2D eigenvalue weighted by atomic mass is 10.4. The van der Waals surface area contributed by atoms with Gasteiger partial charge < -0.3 is 5.11 Å². The van der Waals surface area contributed by atoms with E-state index < -0.39 is 0 Å². The normalized spacial score (nSPS) is 12.1. The quantitative estimate of drug-likeness (QED) is 0.379. The summed E-state index contributed by atoms with van der Waals surface area (Å²) in [5.41, 5.74) is 0.723. The van der Waals surface area contributed by atoms with Crippen LogP contribution in [0.5, 0.6) is 5.88 Å². The smallest absolute Gasteiger partial charge is 0.215 e. The molecule has 0 aliphatic heterocycles. The molecular formula is C11H12FN3OS. The molecule has 0 unspecified atom stereocenters. The predicted octanol–water partition coefficient (Wildman–Crippen LogP) is 2.65. The van der Waals surface area contributed by atoms with Gasteiger partial charge in [-0.1, -0.05) is 23.9 Å². The largest absolute Gasteiger partial charge is 0.493 e. The first-order valence-corrected chi connectivity index (χ1v) is 5.82. The SMILES string of the molecule is Cc1cc(O)nc(SC/C=C/C=C\N=C\F)n1. The summed E-state index contributed by atoms with van der Waals surface area (Å²) in [5, 5.41) is 9.77. The molecule has 0 fully saturated rings. The Morgan fingerprint density at radius 2 is 2.29 bits per heavy atom. The standard InChI is InChI=1S/C11H12FN3OS/c1-9-7-10(16)15-11(14-9)17-6-4-2-3-5-13-8-12/h2-5,7-8H,6H2,1H3,(H,14,15,16)/b4-2+,5-3-,13-8+. The second kappa shape index (κ2) is 7.56. The maximum absolute atomic E-state index is 11.5. The van der Waals surface area contributed by atoms with Gasteiger partial charge in [-0.25, -0.2) is 9.98 Å². The zero-order valence-electron chi connectivity index (χ0n) is 9.25. The van der Waals surface area contributed by atoms with Gasteiger partial charge in [-0.15, -0.1) is 0 Å². The van der Waals surface area contributed by atoms with E-state index in [-0.39, 0.29) is 12.3 Å². The van der Waals surface area contributed by atoms with Gasteiger partial charge in [-0.3, -0.25) is 0 Å². The summed E-state index contributed by atoms with van der Waals surface area (Å²) in [7, 11) is 0. The summed E-state index contributed by atoms with van der Waals surface area (Å²) in [4.78, 5) is 11.3. The molecule has 0 atom stereocenters. The number of halogens is 1. The molecule has 0 spiro atoms. The summed E-state index contributed by atoms with van der Waals surface area (Å²) in [6, 6.07) is 1.50. The molecule has 0 radical (unpaired) electrons. The Morgan fingerprint density at radius 3 is 3.00 bits per heavy atom. The summed E-state index contributed by atoms with van der Waals surface area (Å²) < 4.78 is 11.5. The maximum atomic E-state index is 11.5. The molecule has 6 heteroatoms. The number of aryl methyl sites for hydroxylation is 1. The summed E-state index contributed by atoms with van der Waals surface area (Å²) in [5.74, 6) is 0.633. The molecule has 1 aromatic heterocycles. The van der Waals surface area contributed by atoms with Crippen LogP contribution in [0.25, 0.3) is 0 Å². The molecule has 17 heavy (non-hydrogen) atoms. The number of aliphatic imine (C=N–C) groups is 1. The molecule has 1 aromatic rings. The van der Waals surface area contributed by atoms with Crippen molar-refractivity contribution in [3.8, 4) is 5.88 Å². The van der Waals surface area contributed by atoms with E-state index in [1.807, 2.05) is 6.08 Å². The lowest BCUT2D eigenvalue weighted by Crippen LogP contribution is -1.89. The zero-order chi connectivity index (χ0) is 12.5. The van der Waals surface area contributed by atoms with Gasteiger partial charge in [0.25, 0.3) is 0 Å². The third kappa shape index (κ3) is 5.82. The first kappa shape index (κ1) is 13.4. The van der Waals surface area contributed by atoms with Crippen molar-refractivity contribution in [1.29, 1.82) is 0 Å². The van der Waals surface area contributed by atoms with Gasteiger partial charge in [0.15, 0.2) is 11.6 Å². The van der Waals surface area contributed by atoms with Crippen LogP contribution in [0.4, 0.5) is 4.39 Å². The number of nitrogens with zero attached hydrogens (tertiary/aromatic N) is 3. The molecule has 1 rings (SSSR count). The predicted molar refractivity (Wildman–Crippen MR) is 67.0 cm³/mol. The van der Waals surface area contributed by atoms with Crippen LogP contribution in [0.2, 0.25) is 0 Å². The molecular weight excluding hydrogens is 241 g/mol. The van der Waals surface area contributed by atoms with E-state index in [1.54, 1.807) is 19.1 Å². The molecule has 0 amide bonds. The fourth-order valence-corrected chi connectivity index (χ4v) is 1.70. The van der Waals surface area contributed by atoms with E-state index >= 15 is 0 Å². The van der Waals surface area contributed by atoms with Crippen molar-refractivity contribution in [1.82, 2.24) is 9.97 Å². The van der Waals surface area contributed by atoms with E-state index in [1.165, 1.54) is 24.0 Å². The Labute approximate surface area is 103 Å². The number of rotatable bonds is 5. The van der Waals surface area contributed by atoms with Crippen LogP contribution in [-0.2, 0) is 0 Å². The van der Waals surface area contributed by atoms with E-state index in [2.05, 4.69) is 15.0 Å². The highest BCUT2D eigenvalue weighted by Crippen LogP contribution is 2.16. The third-order valence-electron chi connectivity index (χ3n) is 1.60. The minimum absolute atomic E-state index is 0.0267. The molecule has 90 valence electrons. The Bertz CT molecular complexity index is 426. The van der Waals surface area contributed by atoms with Crippen LogP contribution in [0.3, 0.4) is 0 Å². The van der Waals surface area contributed by atoms with Crippen molar-refractivity contribution < 1.29 is 9.50 Å². The molecule has 0 aliphatic rings.